The van der Waals surface area contributed by atoms with Crippen LogP contribution in [0.1, 0.15) is 17.2 Å². The Balaban J connectivity index is 0.000000845. The second-order valence-electron chi connectivity index (χ2n) is 2.85. The van der Waals surface area contributed by atoms with Crippen molar-refractivity contribution in [3.05, 3.63) is 35.4 Å². The third-order valence-corrected chi connectivity index (χ3v) is 2.11. The Morgan fingerprint density at radius 3 is 2.85 bits per heavy atom. The van der Waals surface area contributed by atoms with Crippen LogP contribution in [0.4, 0.5) is 0 Å². The van der Waals surface area contributed by atoms with Gasteiger partial charge in [0.15, 0.2) is 0 Å². The molecule has 13 heavy (non-hydrogen) atoms. The molecule has 0 saturated heterocycles. The van der Waals surface area contributed by atoms with Crippen LogP contribution in [-0.4, -0.2) is 11.1 Å². The number of rotatable bonds is 1. The van der Waals surface area contributed by atoms with Crippen LogP contribution in [0, 0.1) is 0 Å². The first-order valence-electron chi connectivity index (χ1n) is 3.83. The Morgan fingerprint density at radius 1 is 1.46 bits per heavy atom. The lowest BCUT2D eigenvalue weighted by atomic mass is 10.1. The smallest absolute Gasteiger partial charge is 0.325 e. The number of carboxylic acid groups (broad SMARTS) is 1. The highest BCUT2D eigenvalue weighted by atomic mass is 35.5. The van der Waals surface area contributed by atoms with Gasteiger partial charge in [-0.1, -0.05) is 24.3 Å². The number of hydrogen-bond acceptors (Lipinski definition) is 2. The van der Waals surface area contributed by atoms with Crippen molar-refractivity contribution in [2.75, 3.05) is 0 Å². The molecule has 0 radical (unpaired) electrons. The summed E-state index contributed by atoms with van der Waals surface area (Å²) in [4.78, 5) is 10.7. The molecule has 3 nitrogen and oxygen atoms in total. The zero-order valence-electron chi connectivity index (χ0n) is 6.86. The van der Waals surface area contributed by atoms with Crippen molar-refractivity contribution >= 4 is 18.4 Å². The molecule has 2 N–H and O–H groups in total. The standard InChI is InChI=1S/C9H9NO2.ClH/c11-9(12)8-7-4-2-1-3-6(7)5-10-8;/h1-4,8,10H,5H2,(H,11,12);1H/t8-;/m0./s1. The fraction of sp³-hybridized carbons (Fsp3) is 0.222. The van der Waals surface area contributed by atoms with Gasteiger partial charge in [0.2, 0.25) is 0 Å². The fourth-order valence-corrected chi connectivity index (χ4v) is 1.52. The van der Waals surface area contributed by atoms with Crippen LogP contribution in [0.25, 0.3) is 0 Å². The van der Waals surface area contributed by atoms with Crippen LogP contribution in [0.2, 0.25) is 0 Å². The van der Waals surface area contributed by atoms with Crippen molar-refractivity contribution in [2.24, 2.45) is 0 Å². The van der Waals surface area contributed by atoms with E-state index in [0.29, 0.717) is 6.54 Å². The van der Waals surface area contributed by atoms with Gasteiger partial charge in [-0.05, 0) is 11.1 Å². The topological polar surface area (TPSA) is 49.3 Å². The molecular weight excluding hydrogens is 190 g/mol. The second kappa shape index (κ2) is 3.77. The van der Waals surface area contributed by atoms with Crippen LogP contribution >= 0.6 is 12.4 Å². The van der Waals surface area contributed by atoms with Crippen molar-refractivity contribution in [1.29, 1.82) is 0 Å². The van der Waals surface area contributed by atoms with Crippen molar-refractivity contribution in [3.8, 4) is 0 Å². The lowest BCUT2D eigenvalue weighted by Crippen LogP contribution is -2.21. The lowest BCUT2D eigenvalue weighted by Gasteiger charge is -2.04. The maximum atomic E-state index is 10.7. The van der Waals surface area contributed by atoms with Crippen molar-refractivity contribution in [1.82, 2.24) is 5.32 Å². The average molecular weight is 200 g/mol. The number of nitrogens with one attached hydrogen (secondary N) is 1. The molecule has 0 aromatic heterocycles. The quantitative estimate of drug-likeness (QED) is 0.718. The van der Waals surface area contributed by atoms with E-state index in [1.807, 2.05) is 24.3 Å². The zero-order chi connectivity index (χ0) is 8.55. The van der Waals surface area contributed by atoms with E-state index in [1.54, 1.807) is 0 Å². The largest absolute Gasteiger partial charge is 0.480 e. The molecule has 0 bridgehead atoms. The summed E-state index contributed by atoms with van der Waals surface area (Å²) in [6, 6.07) is 7.08. The van der Waals surface area contributed by atoms with Crippen LogP contribution in [0.3, 0.4) is 0 Å². The Hall–Kier alpha value is -1.06. The van der Waals surface area contributed by atoms with E-state index in [4.69, 9.17) is 5.11 Å². The Morgan fingerprint density at radius 2 is 2.15 bits per heavy atom. The SMILES string of the molecule is Cl.O=C(O)[C@H]1NCc2ccccc21. The van der Waals surface area contributed by atoms with Gasteiger partial charge in [0.1, 0.15) is 6.04 Å². The second-order valence-corrected chi connectivity index (χ2v) is 2.85. The monoisotopic (exact) mass is 199 g/mol. The number of halogens is 1. The summed E-state index contributed by atoms with van der Waals surface area (Å²) in [7, 11) is 0. The van der Waals surface area contributed by atoms with Crippen molar-refractivity contribution < 1.29 is 9.90 Å². The first-order valence-corrected chi connectivity index (χ1v) is 3.83. The van der Waals surface area contributed by atoms with E-state index in [0.717, 1.165) is 11.1 Å². The number of carboxylic acids is 1. The number of fused-ring (bicyclic) bond motifs is 1. The van der Waals surface area contributed by atoms with Gasteiger partial charge in [0.25, 0.3) is 0 Å². The molecule has 0 spiro atoms. The molecule has 0 fully saturated rings. The minimum atomic E-state index is -0.806. The number of benzene rings is 1. The molecule has 1 aromatic carbocycles. The van der Waals surface area contributed by atoms with Crippen LogP contribution in [0.5, 0.6) is 0 Å². The van der Waals surface area contributed by atoms with E-state index >= 15 is 0 Å². The summed E-state index contributed by atoms with van der Waals surface area (Å²) >= 11 is 0. The molecule has 0 unspecified atom stereocenters. The summed E-state index contributed by atoms with van der Waals surface area (Å²) in [5.41, 5.74) is 1.98. The highest BCUT2D eigenvalue weighted by Gasteiger charge is 2.26. The van der Waals surface area contributed by atoms with Gasteiger partial charge in [-0.2, -0.15) is 0 Å². The fourth-order valence-electron chi connectivity index (χ4n) is 1.52. The van der Waals surface area contributed by atoms with Gasteiger partial charge in [-0.15, -0.1) is 12.4 Å². The molecule has 0 saturated carbocycles. The molecule has 4 heteroatoms. The molecule has 1 aromatic rings. The molecule has 1 aliphatic rings. The summed E-state index contributed by atoms with van der Waals surface area (Å²) in [6.45, 7) is 0.660. The van der Waals surface area contributed by atoms with E-state index in [2.05, 4.69) is 5.32 Å². The van der Waals surface area contributed by atoms with E-state index in [-0.39, 0.29) is 12.4 Å². The van der Waals surface area contributed by atoms with Gasteiger partial charge >= 0.3 is 5.97 Å². The lowest BCUT2D eigenvalue weighted by molar-refractivity contribution is -0.139. The molecule has 70 valence electrons. The number of carbonyl (C=O) groups is 1. The predicted molar refractivity (Wildman–Crippen MR) is 50.9 cm³/mol. The zero-order valence-corrected chi connectivity index (χ0v) is 7.67. The van der Waals surface area contributed by atoms with Gasteiger partial charge in [0.05, 0.1) is 0 Å². The summed E-state index contributed by atoms with van der Waals surface area (Å²) in [5.74, 6) is -0.806. The van der Waals surface area contributed by atoms with Crippen LogP contribution < -0.4 is 5.32 Å². The van der Waals surface area contributed by atoms with E-state index in [1.165, 1.54) is 0 Å². The third-order valence-electron chi connectivity index (χ3n) is 2.11. The minimum Gasteiger partial charge on any atom is -0.480 e. The van der Waals surface area contributed by atoms with E-state index in [9.17, 15) is 4.79 Å². The molecule has 0 amide bonds. The average Bonchev–Trinajstić information content (AvgIpc) is 2.47. The summed E-state index contributed by atoms with van der Waals surface area (Å²) in [5, 5.41) is 11.7. The molecule has 1 atom stereocenters. The van der Waals surface area contributed by atoms with Gasteiger partial charge < -0.3 is 5.11 Å². The number of hydrogen-bond donors (Lipinski definition) is 2. The minimum absolute atomic E-state index is 0. The van der Waals surface area contributed by atoms with Gasteiger partial charge in [0, 0.05) is 6.54 Å². The third kappa shape index (κ3) is 1.66. The summed E-state index contributed by atoms with van der Waals surface area (Å²) in [6.07, 6.45) is 0. The van der Waals surface area contributed by atoms with Crippen molar-refractivity contribution in [2.45, 2.75) is 12.6 Å². The maximum Gasteiger partial charge on any atom is 0.325 e. The molecule has 2 rings (SSSR count). The summed E-state index contributed by atoms with van der Waals surface area (Å²) < 4.78 is 0. The first-order chi connectivity index (χ1) is 5.79. The first kappa shape index (κ1) is 10.0. The maximum absolute atomic E-state index is 10.7. The molecule has 1 aliphatic heterocycles. The molecular formula is C9H10ClNO2. The Kier molecular flexibility index (Phi) is 2.90. The van der Waals surface area contributed by atoms with Gasteiger partial charge in [-0.25, -0.2) is 0 Å². The number of aliphatic carboxylic acids is 1. The van der Waals surface area contributed by atoms with Crippen molar-refractivity contribution in [3.63, 3.8) is 0 Å². The highest BCUT2D eigenvalue weighted by molar-refractivity contribution is 5.85. The Bertz CT molecular complexity index is 327. The van der Waals surface area contributed by atoms with Crippen LogP contribution in [0.15, 0.2) is 24.3 Å². The predicted octanol–water partition coefficient (Wildman–Crippen LogP) is 1.34. The van der Waals surface area contributed by atoms with Crippen LogP contribution in [-0.2, 0) is 11.3 Å². The molecule has 1 heterocycles. The Labute approximate surface area is 82.2 Å². The van der Waals surface area contributed by atoms with E-state index < -0.39 is 12.0 Å². The normalized spacial score (nSPS) is 18.9. The van der Waals surface area contributed by atoms with Gasteiger partial charge in [-0.3, -0.25) is 10.1 Å². The highest BCUT2D eigenvalue weighted by Crippen LogP contribution is 2.24. The molecule has 0 aliphatic carbocycles.